The Morgan fingerprint density at radius 3 is 2.94 bits per heavy atom. The van der Waals surface area contributed by atoms with Crippen molar-refractivity contribution in [2.75, 3.05) is 5.32 Å². The van der Waals surface area contributed by atoms with E-state index in [4.69, 9.17) is 0 Å². The first-order chi connectivity index (χ1) is 7.77. The van der Waals surface area contributed by atoms with Crippen molar-refractivity contribution in [3.8, 4) is 0 Å². The first kappa shape index (κ1) is 9.70. The molecule has 0 unspecified atom stereocenters. The molecule has 2 heterocycles. The van der Waals surface area contributed by atoms with E-state index < -0.39 is 0 Å². The van der Waals surface area contributed by atoms with E-state index in [1.54, 1.807) is 0 Å². The van der Waals surface area contributed by atoms with Gasteiger partial charge in [-0.3, -0.25) is 4.40 Å². The van der Waals surface area contributed by atoms with Gasteiger partial charge in [-0.05, 0) is 31.9 Å². The summed E-state index contributed by atoms with van der Waals surface area (Å²) in [6.45, 7) is 2.32. The van der Waals surface area contributed by atoms with E-state index in [2.05, 4.69) is 33.8 Å². The number of anilines is 1. The fourth-order valence-electron chi connectivity index (χ4n) is 2.64. The van der Waals surface area contributed by atoms with Crippen LogP contribution in [0.1, 0.15) is 32.6 Å². The maximum atomic E-state index is 4.30. The van der Waals surface area contributed by atoms with E-state index in [9.17, 15) is 0 Å². The molecule has 0 saturated heterocycles. The van der Waals surface area contributed by atoms with Crippen molar-refractivity contribution in [2.24, 2.45) is 0 Å². The molecule has 0 amide bonds. The number of nitrogens with one attached hydrogen (secondary N) is 1. The smallest absolute Gasteiger partial charge is 0.138 e. The summed E-state index contributed by atoms with van der Waals surface area (Å²) in [4.78, 5) is 4.30. The Bertz CT molecular complexity index is 495. The van der Waals surface area contributed by atoms with Gasteiger partial charge in [-0.15, -0.1) is 0 Å². The Hall–Kier alpha value is -1.51. The Balaban J connectivity index is 1.96. The second-order valence-electron chi connectivity index (χ2n) is 4.96. The van der Waals surface area contributed by atoms with Crippen molar-refractivity contribution in [3.63, 3.8) is 0 Å². The van der Waals surface area contributed by atoms with Crippen LogP contribution in [0.4, 0.5) is 5.82 Å². The normalized spacial score (nSPS) is 19.1. The molecule has 84 valence electrons. The fraction of sp³-hybridized carbons (Fsp3) is 0.462. The van der Waals surface area contributed by atoms with Gasteiger partial charge in [0.1, 0.15) is 11.5 Å². The van der Waals surface area contributed by atoms with E-state index in [1.165, 1.54) is 25.7 Å². The minimum Gasteiger partial charge on any atom is -0.366 e. The lowest BCUT2D eigenvalue weighted by Crippen LogP contribution is -2.31. The van der Waals surface area contributed by atoms with Gasteiger partial charge >= 0.3 is 0 Å². The minimum absolute atomic E-state index is 0.262. The molecular weight excluding hydrogens is 198 g/mol. The lowest BCUT2D eigenvalue weighted by Gasteiger charge is -2.27. The summed E-state index contributed by atoms with van der Waals surface area (Å²) < 4.78 is 2.11. The zero-order valence-corrected chi connectivity index (χ0v) is 9.61. The highest BCUT2D eigenvalue weighted by Gasteiger charge is 2.28. The lowest BCUT2D eigenvalue weighted by atomic mass is 10.0. The molecule has 0 radical (unpaired) electrons. The van der Waals surface area contributed by atoms with Crippen LogP contribution in [0.5, 0.6) is 0 Å². The van der Waals surface area contributed by atoms with Crippen LogP contribution >= 0.6 is 0 Å². The number of hydrogen-bond acceptors (Lipinski definition) is 2. The number of imidazole rings is 1. The monoisotopic (exact) mass is 215 g/mol. The molecule has 16 heavy (non-hydrogen) atoms. The van der Waals surface area contributed by atoms with E-state index in [0.717, 1.165) is 11.5 Å². The molecule has 2 aromatic heterocycles. The van der Waals surface area contributed by atoms with Gasteiger partial charge in [-0.2, -0.15) is 0 Å². The van der Waals surface area contributed by atoms with Crippen molar-refractivity contribution in [2.45, 2.75) is 38.1 Å². The van der Waals surface area contributed by atoms with Crippen molar-refractivity contribution < 1.29 is 0 Å². The molecule has 3 nitrogen and oxygen atoms in total. The van der Waals surface area contributed by atoms with E-state index in [1.807, 2.05) is 18.5 Å². The highest BCUT2D eigenvalue weighted by atomic mass is 15.1. The van der Waals surface area contributed by atoms with Gasteiger partial charge in [0, 0.05) is 17.9 Å². The van der Waals surface area contributed by atoms with Crippen LogP contribution in [0.25, 0.3) is 5.65 Å². The van der Waals surface area contributed by atoms with E-state index >= 15 is 0 Å². The molecular formula is C13H17N3. The molecule has 3 heteroatoms. The molecule has 3 rings (SSSR count). The van der Waals surface area contributed by atoms with Gasteiger partial charge in [0.2, 0.25) is 0 Å². The van der Waals surface area contributed by atoms with Gasteiger partial charge in [-0.1, -0.05) is 18.9 Å². The summed E-state index contributed by atoms with van der Waals surface area (Å²) in [5, 5.41) is 3.67. The van der Waals surface area contributed by atoms with Gasteiger partial charge in [0.05, 0.1) is 0 Å². The second-order valence-corrected chi connectivity index (χ2v) is 4.96. The molecule has 2 aromatic rings. The molecule has 1 aliphatic rings. The van der Waals surface area contributed by atoms with Crippen molar-refractivity contribution in [1.29, 1.82) is 0 Å². The molecule has 1 fully saturated rings. The zero-order valence-electron chi connectivity index (χ0n) is 9.61. The molecule has 0 bridgehead atoms. The third kappa shape index (κ3) is 1.56. The standard InChI is InChI=1S/C13H17N3/c1-13(7-2-3-8-13)15-12-6-4-5-11-14-9-10-16(11)12/h4-6,9-10,15H,2-3,7-8H2,1H3. The van der Waals surface area contributed by atoms with Crippen molar-refractivity contribution in [3.05, 3.63) is 30.6 Å². The van der Waals surface area contributed by atoms with E-state index in [-0.39, 0.29) is 5.54 Å². The average Bonchev–Trinajstić information content (AvgIpc) is 2.87. The maximum Gasteiger partial charge on any atom is 0.138 e. The zero-order chi connectivity index (χ0) is 11.0. The molecule has 0 spiro atoms. The summed E-state index contributed by atoms with van der Waals surface area (Å²) in [6.07, 6.45) is 9.05. The Labute approximate surface area is 95.5 Å². The summed E-state index contributed by atoms with van der Waals surface area (Å²) in [6, 6.07) is 6.21. The Morgan fingerprint density at radius 1 is 1.31 bits per heavy atom. The van der Waals surface area contributed by atoms with E-state index in [0.29, 0.717) is 0 Å². The number of nitrogens with zero attached hydrogens (tertiary/aromatic N) is 2. The third-order valence-corrected chi connectivity index (χ3v) is 3.57. The number of pyridine rings is 1. The molecule has 1 aliphatic carbocycles. The predicted molar refractivity (Wildman–Crippen MR) is 65.7 cm³/mol. The molecule has 0 aromatic carbocycles. The van der Waals surface area contributed by atoms with Gasteiger partial charge in [0.15, 0.2) is 0 Å². The number of aromatic nitrogens is 2. The quantitative estimate of drug-likeness (QED) is 0.834. The summed E-state index contributed by atoms with van der Waals surface area (Å²) in [5.41, 5.74) is 1.27. The van der Waals surface area contributed by atoms with Crippen molar-refractivity contribution >= 4 is 11.5 Å². The first-order valence-corrected chi connectivity index (χ1v) is 5.97. The maximum absolute atomic E-state index is 4.30. The third-order valence-electron chi connectivity index (χ3n) is 3.57. The van der Waals surface area contributed by atoms with Crippen LogP contribution in [-0.2, 0) is 0 Å². The van der Waals surface area contributed by atoms with Gasteiger partial charge in [0.25, 0.3) is 0 Å². The lowest BCUT2D eigenvalue weighted by molar-refractivity contribution is 0.530. The van der Waals surface area contributed by atoms with Crippen LogP contribution in [0.3, 0.4) is 0 Å². The number of rotatable bonds is 2. The second kappa shape index (κ2) is 3.51. The summed E-state index contributed by atoms with van der Waals surface area (Å²) in [5.74, 6) is 1.15. The Morgan fingerprint density at radius 2 is 2.12 bits per heavy atom. The highest BCUT2D eigenvalue weighted by molar-refractivity contribution is 5.51. The van der Waals surface area contributed by atoms with Crippen LogP contribution in [0, 0.1) is 0 Å². The number of hydrogen-bond donors (Lipinski definition) is 1. The highest BCUT2D eigenvalue weighted by Crippen LogP contribution is 2.32. The van der Waals surface area contributed by atoms with Crippen LogP contribution in [0.2, 0.25) is 0 Å². The van der Waals surface area contributed by atoms with Gasteiger partial charge in [-0.25, -0.2) is 4.98 Å². The molecule has 1 saturated carbocycles. The number of fused-ring (bicyclic) bond motifs is 1. The largest absolute Gasteiger partial charge is 0.366 e. The van der Waals surface area contributed by atoms with Crippen LogP contribution in [-0.4, -0.2) is 14.9 Å². The van der Waals surface area contributed by atoms with Crippen LogP contribution in [0.15, 0.2) is 30.6 Å². The van der Waals surface area contributed by atoms with Crippen molar-refractivity contribution in [1.82, 2.24) is 9.38 Å². The predicted octanol–water partition coefficient (Wildman–Crippen LogP) is 3.08. The topological polar surface area (TPSA) is 29.3 Å². The van der Waals surface area contributed by atoms with Gasteiger partial charge < -0.3 is 5.32 Å². The molecule has 0 aliphatic heterocycles. The summed E-state index contributed by atoms with van der Waals surface area (Å²) >= 11 is 0. The average molecular weight is 215 g/mol. The van der Waals surface area contributed by atoms with Crippen LogP contribution < -0.4 is 5.32 Å². The molecule has 0 atom stereocenters. The fourth-order valence-corrected chi connectivity index (χ4v) is 2.64. The first-order valence-electron chi connectivity index (χ1n) is 5.97. The summed E-state index contributed by atoms with van der Waals surface area (Å²) in [7, 11) is 0. The SMILES string of the molecule is CC1(Nc2cccc3nccn23)CCCC1. The Kier molecular flexibility index (Phi) is 2.13. The molecule has 1 N–H and O–H groups in total. The minimum atomic E-state index is 0.262.